The maximum atomic E-state index is 10.9. The first-order valence-electron chi connectivity index (χ1n) is 4.98. The number of aromatic hydroxyl groups is 1. The molecular formula is C10H9NNa2O8S2. The summed E-state index contributed by atoms with van der Waals surface area (Å²) in [5, 5.41) is 9.48. The van der Waals surface area contributed by atoms with Crippen LogP contribution in [0, 0.1) is 0 Å². The second-order valence-electron chi connectivity index (χ2n) is 3.96. The summed E-state index contributed by atoms with van der Waals surface area (Å²) in [6.45, 7) is 0. The van der Waals surface area contributed by atoms with E-state index in [0.717, 1.165) is 18.2 Å². The summed E-state index contributed by atoms with van der Waals surface area (Å²) in [5.74, 6) is -0.607. The van der Waals surface area contributed by atoms with Gasteiger partial charge in [-0.25, -0.2) is 16.8 Å². The van der Waals surface area contributed by atoms with Crippen molar-refractivity contribution in [2.45, 2.75) is 9.79 Å². The fraction of sp³-hybridized carbons (Fsp3) is 0. The van der Waals surface area contributed by atoms with Crippen LogP contribution in [0.2, 0.25) is 0 Å². The number of nitrogen functional groups attached to an aromatic ring is 1. The molecule has 0 saturated heterocycles. The third-order valence-electron chi connectivity index (χ3n) is 2.58. The average Bonchev–Trinajstić information content (AvgIpc) is 2.25. The molecule has 23 heavy (non-hydrogen) atoms. The van der Waals surface area contributed by atoms with Crippen LogP contribution < -0.4 is 64.8 Å². The number of rotatable bonds is 2. The zero-order chi connectivity index (χ0) is 15.3. The fourth-order valence-electron chi connectivity index (χ4n) is 1.76. The van der Waals surface area contributed by atoms with Crippen molar-refractivity contribution in [2.75, 3.05) is 5.73 Å². The van der Waals surface area contributed by atoms with Crippen LogP contribution in [0.15, 0.2) is 34.1 Å². The van der Waals surface area contributed by atoms with Crippen molar-refractivity contribution in [2.24, 2.45) is 0 Å². The minimum atomic E-state index is -4.86. The van der Waals surface area contributed by atoms with Gasteiger partial charge < -0.3 is 25.4 Å². The number of benzene rings is 2. The summed E-state index contributed by atoms with van der Waals surface area (Å²) < 4.78 is 65.6. The van der Waals surface area contributed by atoms with Crippen LogP contribution in [0.4, 0.5) is 5.69 Å². The predicted molar refractivity (Wildman–Crippen MR) is 69.6 cm³/mol. The number of hydrogen-bond acceptors (Lipinski definition) is 8. The van der Waals surface area contributed by atoms with Gasteiger partial charge in [-0.3, -0.25) is 0 Å². The van der Waals surface area contributed by atoms with Crippen LogP contribution in [0.5, 0.6) is 5.75 Å². The van der Waals surface area contributed by atoms with Gasteiger partial charge in [-0.2, -0.15) is 0 Å². The van der Waals surface area contributed by atoms with Crippen molar-refractivity contribution in [1.29, 1.82) is 0 Å². The van der Waals surface area contributed by atoms with Gasteiger partial charge in [0.25, 0.3) is 0 Å². The van der Waals surface area contributed by atoms with Crippen LogP contribution in [0.25, 0.3) is 10.8 Å². The molecule has 0 amide bonds. The molecule has 2 rings (SSSR count). The zero-order valence-corrected chi connectivity index (χ0v) is 17.7. The second kappa shape index (κ2) is 8.45. The van der Waals surface area contributed by atoms with Crippen molar-refractivity contribution in [3.8, 4) is 5.75 Å². The summed E-state index contributed by atoms with van der Waals surface area (Å²) in [6.07, 6.45) is 0. The Kier molecular flexibility index (Phi) is 9.30. The molecule has 0 heterocycles. The Hall–Kier alpha value is 0.0800. The van der Waals surface area contributed by atoms with Crippen LogP contribution in [0.3, 0.4) is 0 Å². The van der Waals surface area contributed by atoms with Crippen LogP contribution >= 0.6 is 0 Å². The molecule has 0 aromatic heterocycles. The minimum Gasteiger partial charge on any atom is -0.744 e. The monoisotopic (exact) mass is 381 g/mol. The number of phenols is 1. The molecule has 2 aromatic rings. The maximum absolute atomic E-state index is 10.9. The standard InChI is InChI=1S/C10H9NO7S2.2Na.H2O/c11-8-3-6(19(13,14)15)1-5-2-7(20(16,17)18)4-9(12)10(5)8;;;/h1-4,12H,11H2,(H,13,14,15)(H,16,17,18);;;1H2/q;2*+1;/p-2. The van der Waals surface area contributed by atoms with E-state index in [-0.39, 0.29) is 81.1 Å². The minimum absolute atomic E-state index is 0. The summed E-state index contributed by atoms with van der Waals surface area (Å²) in [7, 11) is -9.67. The fourth-order valence-corrected chi connectivity index (χ4v) is 2.83. The van der Waals surface area contributed by atoms with E-state index < -0.39 is 35.8 Å². The molecule has 116 valence electrons. The first kappa shape index (κ1) is 25.3. The van der Waals surface area contributed by atoms with Gasteiger partial charge in [0.05, 0.1) is 9.79 Å². The van der Waals surface area contributed by atoms with Crippen LogP contribution in [-0.4, -0.2) is 36.5 Å². The number of nitrogens with two attached hydrogens (primary N) is 1. The van der Waals surface area contributed by atoms with Gasteiger partial charge in [-0.05, 0) is 29.7 Å². The third-order valence-corrected chi connectivity index (χ3v) is 4.21. The Morgan fingerprint density at radius 3 is 1.65 bits per heavy atom. The van der Waals surface area contributed by atoms with Gasteiger partial charge in [0, 0.05) is 11.1 Å². The molecule has 0 aliphatic carbocycles. The Labute approximate surface area is 176 Å². The number of phenolic OH excluding ortho intramolecular Hbond substituents is 1. The Morgan fingerprint density at radius 1 is 0.870 bits per heavy atom. The Balaban J connectivity index is 0. The first-order chi connectivity index (χ1) is 9.00. The van der Waals surface area contributed by atoms with E-state index in [2.05, 4.69) is 0 Å². The summed E-state index contributed by atoms with van der Waals surface area (Å²) in [4.78, 5) is -1.45. The Bertz CT molecular complexity index is 855. The molecule has 2 aromatic carbocycles. The quantitative estimate of drug-likeness (QED) is 0.291. The van der Waals surface area contributed by atoms with Crippen molar-refractivity contribution in [3.05, 3.63) is 24.3 Å². The molecule has 0 saturated carbocycles. The van der Waals surface area contributed by atoms with Gasteiger partial charge in [0.1, 0.15) is 26.0 Å². The van der Waals surface area contributed by atoms with E-state index >= 15 is 0 Å². The van der Waals surface area contributed by atoms with Crippen LogP contribution in [-0.2, 0) is 20.2 Å². The van der Waals surface area contributed by atoms with E-state index in [1.807, 2.05) is 0 Å². The summed E-state index contributed by atoms with van der Waals surface area (Å²) >= 11 is 0. The maximum Gasteiger partial charge on any atom is 1.00 e. The molecule has 0 fully saturated rings. The Morgan fingerprint density at radius 2 is 1.26 bits per heavy atom. The van der Waals surface area contributed by atoms with E-state index in [1.165, 1.54) is 0 Å². The first-order valence-corrected chi connectivity index (χ1v) is 7.80. The molecule has 0 bridgehead atoms. The van der Waals surface area contributed by atoms with Crippen LogP contribution in [0.1, 0.15) is 0 Å². The normalized spacial score (nSPS) is 11.0. The number of fused-ring (bicyclic) bond motifs is 1. The van der Waals surface area contributed by atoms with Gasteiger partial charge in [-0.15, -0.1) is 0 Å². The third kappa shape index (κ3) is 5.54. The van der Waals surface area contributed by atoms with Crippen molar-refractivity contribution < 1.29 is 95.6 Å². The van der Waals surface area contributed by atoms with Gasteiger partial charge in [-0.1, -0.05) is 0 Å². The smallest absolute Gasteiger partial charge is 0.744 e. The van der Waals surface area contributed by atoms with Crippen molar-refractivity contribution in [3.63, 3.8) is 0 Å². The van der Waals surface area contributed by atoms with E-state index in [0.29, 0.717) is 6.07 Å². The molecule has 0 aliphatic rings. The number of hydrogen-bond donors (Lipinski definition) is 2. The zero-order valence-electron chi connectivity index (χ0n) is 12.1. The SMILES string of the molecule is Nc1cc(S(=O)(=O)[O-])cc2cc(S(=O)(=O)[O-])cc(O)c12.O.[Na+].[Na+]. The number of anilines is 1. The second-order valence-corrected chi connectivity index (χ2v) is 6.72. The van der Waals surface area contributed by atoms with Crippen molar-refractivity contribution >= 4 is 36.7 Å². The molecule has 9 nitrogen and oxygen atoms in total. The topological polar surface area (TPSA) is 192 Å². The molecule has 0 atom stereocenters. The summed E-state index contributed by atoms with van der Waals surface area (Å²) in [6, 6.07) is 3.22. The predicted octanol–water partition coefficient (Wildman–Crippen LogP) is -6.88. The van der Waals surface area contributed by atoms with Gasteiger partial charge in [0.15, 0.2) is 0 Å². The molecular weight excluding hydrogens is 372 g/mol. The van der Waals surface area contributed by atoms with E-state index in [9.17, 15) is 31.0 Å². The summed E-state index contributed by atoms with van der Waals surface area (Å²) in [5.41, 5.74) is 5.29. The average molecular weight is 381 g/mol. The van der Waals surface area contributed by atoms with E-state index in [4.69, 9.17) is 5.73 Å². The van der Waals surface area contributed by atoms with Gasteiger partial charge in [0.2, 0.25) is 0 Å². The van der Waals surface area contributed by atoms with E-state index in [1.54, 1.807) is 0 Å². The van der Waals surface area contributed by atoms with Crippen molar-refractivity contribution in [1.82, 2.24) is 0 Å². The largest absolute Gasteiger partial charge is 1.00 e. The molecule has 5 N–H and O–H groups in total. The molecule has 0 radical (unpaired) electrons. The molecule has 0 aliphatic heterocycles. The van der Waals surface area contributed by atoms with Gasteiger partial charge >= 0.3 is 59.1 Å². The molecule has 0 unspecified atom stereocenters. The molecule has 0 spiro atoms. The molecule has 13 heteroatoms.